The largest absolute Gasteiger partial charge is 0.389 e. The van der Waals surface area contributed by atoms with Crippen LogP contribution in [-0.2, 0) is 6.42 Å². The summed E-state index contributed by atoms with van der Waals surface area (Å²) < 4.78 is 1.15. The van der Waals surface area contributed by atoms with Crippen LogP contribution in [-0.4, -0.2) is 17.3 Å². The Kier molecular flexibility index (Phi) is 3.38. The van der Waals surface area contributed by atoms with Crippen LogP contribution in [0, 0.1) is 0 Å². The van der Waals surface area contributed by atoms with Crippen LogP contribution in [0.15, 0.2) is 22.7 Å². The Morgan fingerprint density at radius 2 is 2.25 bits per heavy atom. The standard InChI is InChI=1S/C13H18BrNO/c1-13(2,16)8-15-12-6-3-9-7-10(14)4-5-11(9)12/h4-5,7,12,15-16H,3,6,8H2,1-2H3. The molecule has 1 aromatic rings. The lowest BCUT2D eigenvalue weighted by Gasteiger charge is -2.22. The van der Waals surface area contributed by atoms with Gasteiger partial charge in [0.05, 0.1) is 5.60 Å². The summed E-state index contributed by atoms with van der Waals surface area (Å²) in [5, 5.41) is 13.1. The van der Waals surface area contributed by atoms with Gasteiger partial charge in [0, 0.05) is 17.1 Å². The third-order valence-corrected chi connectivity index (χ3v) is 3.46. The van der Waals surface area contributed by atoms with E-state index in [1.54, 1.807) is 0 Å². The molecule has 88 valence electrons. The number of fused-ring (bicyclic) bond motifs is 1. The van der Waals surface area contributed by atoms with Crippen molar-refractivity contribution in [1.29, 1.82) is 0 Å². The molecule has 0 amide bonds. The number of hydrogen-bond donors (Lipinski definition) is 2. The molecular formula is C13H18BrNO. The van der Waals surface area contributed by atoms with Crippen LogP contribution in [0.4, 0.5) is 0 Å². The van der Waals surface area contributed by atoms with Crippen LogP contribution in [0.3, 0.4) is 0 Å². The number of halogens is 1. The van der Waals surface area contributed by atoms with Crippen molar-refractivity contribution in [1.82, 2.24) is 5.32 Å². The molecule has 1 aromatic carbocycles. The highest BCUT2D eigenvalue weighted by molar-refractivity contribution is 9.10. The molecule has 0 fully saturated rings. The molecule has 1 unspecified atom stereocenters. The zero-order chi connectivity index (χ0) is 11.8. The molecule has 16 heavy (non-hydrogen) atoms. The molecule has 0 aromatic heterocycles. The highest BCUT2D eigenvalue weighted by Crippen LogP contribution is 2.32. The smallest absolute Gasteiger partial charge is 0.0715 e. The van der Waals surface area contributed by atoms with E-state index >= 15 is 0 Å². The first-order valence-electron chi connectivity index (χ1n) is 5.70. The van der Waals surface area contributed by atoms with E-state index in [-0.39, 0.29) is 0 Å². The summed E-state index contributed by atoms with van der Waals surface area (Å²) in [6, 6.07) is 6.85. The first kappa shape index (κ1) is 12.1. The Bertz CT molecular complexity index is 384. The normalized spacial score (nSPS) is 19.9. The lowest BCUT2D eigenvalue weighted by molar-refractivity contribution is 0.0764. The van der Waals surface area contributed by atoms with E-state index in [0.717, 1.165) is 17.3 Å². The molecule has 3 heteroatoms. The average Bonchev–Trinajstić information content (AvgIpc) is 2.56. The Morgan fingerprint density at radius 1 is 1.50 bits per heavy atom. The van der Waals surface area contributed by atoms with Crippen molar-refractivity contribution in [2.45, 2.75) is 38.3 Å². The van der Waals surface area contributed by atoms with Gasteiger partial charge in [-0.15, -0.1) is 0 Å². The van der Waals surface area contributed by atoms with Crippen molar-refractivity contribution < 1.29 is 5.11 Å². The fourth-order valence-corrected chi connectivity index (χ4v) is 2.58. The molecule has 0 spiro atoms. The highest BCUT2D eigenvalue weighted by atomic mass is 79.9. The number of nitrogens with one attached hydrogen (secondary N) is 1. The second-order valence-corrected chi connectivity index (χ2v) is 6.04. The summed E-state index contributed by atoms with van der Waals surface area (Å²) in [6.45, 7) is 4.29. The molecule has 0 bridgehead atoms. The van der Waals surface area contributed by atoms with Gasteiger partial charge >= 0.3 is 0 Å². The summed E-state index contributed by atoms with van der Waals surface area (Å²) in [4.78, 5) is 0. The molecule has 0 radical (unpaired) electrons. The first-order chi connectivity index (χ1) is 7.46. The van der Waals surface area contributed by atoms with Gasteiger partial charge in [0.2, 0.25) is 0 Å². The minimum absolute atomic E-state index is 0.398. The van der Waals surface area contributed by atoms with Crippen molar-refractivity contribution in [3.8, 4) is 0 Å². The van der Waals surface area contributed by atoms with E-state index in [0.29, 0.717) is 12.6 Å². The topological polar surface area (TPSA) is 32.3 Å². The maximum Gasteiger partial charge on any atom is 0.0715 e. The molecule has 0 saturated heterocycles. The van der Waals surface area contributed by atoms with Crippen molar-refractivity contribution in [3.05, 3.63) is 33.8 Å². The van der Waals surface area contributed by atoms with Crippen LogP contribution in [0.25, 0.3) is 0 Å². The Labute approximate surface area is 105 Å². The van der Waals surface area contributed by atoms with E-state index < -0.39 is 5.60 Å². The molecule has 1 aliphatic carbocycles. The molecule has 0 saturated carbocycles. The molecule has 1 atom stereocenters. The van der Waals surface area contributed by atoms with Crippen molar-refractivity contribution in [2.75, 3.05) is 6.54 Å². The van der Waals surface area contributed by atoms with Gasteiger partial charge in [0.1, 0.15) is 0 Å². The maximum atomic E-state index is 9.70. The third-order valence-electron chi connectivity index (χ3n) is 2.96. The van der Waals surface area contributed by atoms with Gasteiger partial charge in [0.15, 0.2) is 0 Å². The van der Waals surface area contributed by atoms with Crippen molar-refractivity contribution in [3.63, 3.8) is 0 Å². The molecule has 2 nitrogen and oxygen atoms in total. The minimum Gasteiger partial charge on any atom is -0.389 e. The van der Waals surface area contributed by atoms with Crippen LogP contribution in [0.2, 0.25) is 0 Å². The summed E-state index contributed by atoms with van der Waals surface area (Å²) in [7, 11) is 0. The van der Waals surface area contributed by atoms with Gasteiger partial charge in [-0.1, -0.05) is 22.0 Å². The molecule has 0 heterocycles. The Balaban J connectivity index is 2.06. The maximum absolute atomic E-state index is 9.70. The minimum atomic E-state index is -0.641. The zero-order valence-corrected chi connectivity index (χ0v) is 11.3. The van der Waals surface area contributed by atoms with Gasteiger partial charge < -0.3 is 10.4 Å². The van der Waals surface area contributed by atoms with Gasteiger partial charge in [-0.3, -0.25) is 0 Å². The Morgan fingerprint density at radius 3 is 2.94 bits per heavy atom. The predicted octanol–water partition coefficient (Wildman–Crippen LogP) is 2.80. The zero-order valence-electron chi connectivity index (χ0n) is 9.76. The van der Waals surface area contributed by atoms with E-state index in [4.69, 9.17) is 0 Å². The lowest BCUT2D eigenvalue weighted by atomic mass is 10.1. The number of aliphatic hydroxyl groups is 1. The summed E-state index contributed by atoms with van der Waals surface area (Å²) in [5.74, 6) is 0. The SMILES string of the molecule is CC(C)(O)CNC1CCc2cc(Br)ccc21. The van der Waals surface area contributed by atoms with Crippen LogP contribution < -0.4 is 5.32 Å². The van der Waals surface area contributed by atoms with Crippen LogP contribution in [0.1, 0.15) is 37.4 Å². The van der Waals surface area contributed by atoms with Crippen molar-refractivity contribution in [2.24, 2.45) is 0 Å². The van der Waals surface area contributed by atoms with E-state index in [1.807, 2.05) is 13.8 Å². The summed E-state index contributed by atoms with van der Waals surface area (Å²) >= 11 is 3.50. The summed E-state index contributed by atoms with van der Waals surface area (Å²) in [5.41, 5.74) is 2.16. The second kappa shape index (κ2) is 4.47. The quantitative estimate of drug-likeness (QED) is 0.894. The molecule has 2 N–H and O–H groups in total. The van der Waals surface area contributed by atoms with Crippen LogP contribution >= 0.6 is 15.9 Å². The van der Waals surface area contributed by atoms with Crippen LogP contribution in [0.5, 0.6) is 0 Å². The van der Waals surface area contributed by atoms with Gasteiger partial charge in [-0.25, -0.2) is 0 Å². The fourth-order valence-electron chi connectivity index (χ4n) is 2.17. The number of rotatable bonds is 3. The molecule has 0 aliphatic heterocycles. The van der Waals surface area contributed by atoms with Crippen molar-refractivity contribution >= 4 is 15.9 Å². The number of hydrogen-bond acceptors (Lipinski definition) is 2. The number of benzene rings is 1. The van der Waals surface area contributed by atoms with E-state index in [1.165, 1.54) is 11.1 Å². The monoisotopic (exact) mass is 283 g/mol. The number of aryl methyl sites for hydroxylation is 1. The van der Waals surface area contributed by atoms with E-state index in [2.05, 4.69) is 39.4 Å². The Hall–Kier alpha value is -0.380. The summed E-state index contributed by atoms with van der Waals surface area (Å²) in [6.07, 6.45) is 2.25. The highest BCUT2D eigenvalue weighted by Gasteiger charge is 2.24. The molecular weight excluding hydrogens is 266 g/mol. The third kappa shape index (κ3) is 2.84. The second-order valence-electron chi connectivity index (χ2n) is 5.13. The fraction of sp³-hybridized carbons (Fsp3) is 0.538. The van der Waals surface area contributed by atoms with Gasteiger partial charge in [-0.05, 0) is 49.9 Å². The first-order valence-corrected chi connectivity index (χ1v) is 6.49. The van der Waals surface area contributed by atoms with Gasteiger partial charge in [-0.2, -0.15) is 0 Å². The van der Waals surface area contributed by atoms with E-state index in [9.17, 15) is 5.11 Å². The van der Waals surface area contributed by atoms with Gasteiger partial charge in [0.25, 0.3) is 0 Å². The molecule has 2 rings (SSSR count). The predicted molar refractivity (Wildman–Crippen MR) is 69.5 cm³/mol. The lowest BCUT2D eigenvalue weighted by Crippen LogP contribution is -2.36. The molecule has 1 aliphatic rings. The average molecular weight is 284 g/mol.